The molecule has 0 aliphatic heterocycles. The Morgan fingerprint density at radius 3 is 2.53 bits per heavy atom. The second-order valence-electron chi connectivity index (χ2n) is 6.87. The van der Waals surface area contributed by atoms with Crippen molar-refractivity contribution in [2.45, 2.75) is 26.6 Å². The molecule has 0 amide bonds. The first-order chi connectivity index (χ1) is 15.5. The van der Waals surface area contributed by atoms with Crippen LogP contribution in [0.25, 0.3) is 11.0 Å². The van der Waals surface area contributed by atoms with Crippen molar-refractivity contribution >= 4 is 32.9 Å². The third kappa shape index (κ3) is 5.92. The van der Waals surface area contributed by atoms with Crippen LogP contribution in [0.1, 0.15) is 24.5 Å². The van der Waals surface area contributed by atoms with Gasteiger partial charge in [0, 0.05) is 26.6 Å². The normalized spacial score (nSPS) is 11.6. The Morgan fingerprint density at radius 2 is 1.84 bits per heavy atom. The van der Waals surface area contributed by atoms with Crippen molar-refractivity contribution in [1.29, 1.82) is 0 Å². The summed E-state index contributed by atoms with van der Waals surface area (Å²) < 4.78 is 23.6. The molecule has 6 heteroatoms. The molecule has 0 radical (unpaired) electrons. The fourth-order valence-electron chi connectivity index (χ4n) is 3.18. The molecule has 0 N–H and O–H groups in total. The number of hydrogen-bond acceptors (Lipinski definition) is 5. The molecule has 3 aromatic rings. The van der Waals surface area contributed by atoms with Crippen LogP contribution in [-0.4, -0.2) is 12.6 Å². The minimum atomic E-state index is -0.342. The van der Waals surface area contributed by atoms with E-state index in [0.717, 1.165) is 32.3 Å². The van der Waals surface area contributed by atoms with Gasteiger partial charge in [0.25, 0.3) is 0 Å². The summed E-state index contributed by atoms with van der Waals surface area (Å²) in [5.74, 6) is 0.922. The van der Waals surface area contributed by atoms with Crippen LogP contribution in [-0.2, 0) is 27.5 Å². The first kappa shape index (κ1) is 23.4. The Bertz CT molecular complexity index is 1130. The zero-order chi connectivity index (χ0) is 22.9. The molecule has 0 aliphatic carbocycles. The molecular formula is C26H25BrO5. The van der Waals surface area contributed by atoms with E-state index >= 15 is 0 Å². The summed E-state index contributed by atoms with van der Waals surface area (Å²) in [5.41, 5.74) is 3.13. The lowest BCUT2D eigenvalue weighted by Gasteiger charge is -2.11. The van der Waals surface area contributed by atoms with Crippen LogP contribution in [0.3, 0.4) is 0 Å². The first-order valence-electron chi connectivity index (χ1n) is 10.2. The maximum Gasteiger partial charge on any atom is 0.310 e. The Morgan fingerprint density at radius 1 is 1.06 bits per heavy atom. The predicted molar refractivity (Wildman–Crippen MR) is 128 cm³/mol. The Hall–Kier alpha value is -3.25. The van der Waals surface area contributed by atoms with Crippen molar-refractivity contribution in [2.24, 2.45) is 0 Å². The summed E-state index contributed by atoms with van der Waals surface area (Å²) in [7, 11) is 0. The number of hydrogen-bond donors (Lipinski definition) is 0. The van der Waals surface area contributed by atoms with Gasteiger partial charge >= 0.3 is 5.97 Å². The molecule has 32 heavy (non-hydrogen) atoms. The SMILES string of the molecule is C=C/C(CC(=O)OCC)=C(\C=C)OCc1coc2c(COc3ccccc3)cc(Br)cc12. The number of esters is 1. The van der Waals surface area contributed by atoms with Gasteiger partial charge in [-0.3, -0.25) is 4.79 Å². The van der Waals surface area contributed by atoms with Gasteiger partial charge in [0.05, 0.1) is 19.3 Å². The summed E-state index contributed by atoms with van der Waals surface area (Å²) in [6.07, 6.45) is 4.88. The van der Waals surface area contributed by atoms with E-state index in [0.29, 0.717) is 24.5 Å². The molecule has 0 fully saturated rings. The fraction of sp³-hybridized carbons (Fsp3) is 0.192. The molecule has 0 atom stereocenters. The number of furan rings is 1. The van der Waals surface area contributed by atoms with Gasteiger partial charge in [-0.1, -0.05) is 53.4 Å². The Labute approximate surface area is 196 Å². The van der Waals surface area contributed by atoms with Crippen molar-refractivity contribution in [3.8, 4) is 5.75 Å². The minimum Gasteiger partial charge on any atom is -0.489 e. The molecule has 2 aromatic carbocycles. The number of allylic oxidation sites excluding steroid dienone is 2. The molecule has 3 rings (SSSR count). The van der Waals surface area contributed by atoms with Crippen LogP contribution >= 0.6 is 15.9 Å². The third-order valence-electron chi connectivity index (χ3n) is 4.70. The number of benzene rings is 2. The smallest absolute Gasteiger partial charge is 0.310 e. The third-order valence-corrected chi connectivity index (χ3v) is 5.16. The van der Waals surface area contributed by atoms with Crippen LogP contribution in [0, 0.1) is 0 Å². The molecule has 0 saturated heterocycles. The molecule has 0 unspecified atom stereocenters. The molecule has 166 valence electrons. The average Bonchev–Trinajstić information content (AvgIpc) is 3.20. The monoisotopic (exact) mass is 496 g/mol. The summed E-state index contributed by atoms with van der Waals surface area (Å²) in [4.78, 5) is 11.9. The van der Waals surface area contributed by atoms with Crippen LogP contribution in [0.4, 0.5) is 0 Å². The van der Waals surface area contributed by atoms with E-state index in [1.54, 1.807) is 25.3 Å². The highest BCUT2D eigenvalue weighted by atomic mass is 79.9. The maximum absolute atomic E-state index is 11.9. The zero-order valence-corrected chi connectivity index (χ0v) is 19.5. The quantitative estimate of drug-likeness (QED) is 0.164. The largest absolute Gasteiger partial charge is 0.489 e. The van der Waals surface area contributed by atoms with E-state index in [9.17, 15) is 4.79 Å². The van der Waals surface area contributed by atoms with Crippen molar-refractivity contribution in [1.82, 2.24) is 0 Å². The number of halogens is 1. The van der Waals surface area contributed by atoms with Crippen molar-refractivity contribution in [2.75, 3.05) is 6.61 Å². The number of carbonyl (C=O) groups excluding carboxylic acids is 1. The zero-order valence-electron chi connectivity index (χ0n) is 17.9. The number of ether oxygens (including phenoxy) is 3. The lowest BCUT2D eigenvalue weighted by Crippen LogP contribution is -2.06. The number of fused-ring (bicyclic) bond motifs is 1. The number of rotatable bonds is 11. The standard InChI is InChI=1S/C26H25BrO5/c1-4-18(13-25(28)29-6-3)24(5-2)31-16-20-17-32-26-19(12-21(27)14-23(20)26)15-30-22-10-8-7-9-11-22/h4-5,7-12,14,17H,1-2,6,13,15-16H2,3H3/b24-18-. The lowest BCUT2D eigenvalue weighted by atomic mass is 10.1. The maximum atomic E-state index is 11.9. The summed E-state index contributed by atoms with van der Waals surface area (Å²) in [5, 5.41) is 0.917. The Kier molecular flexibility index (Phi) is 8.34. The van der Waals surface area contributed by atoms with Gasteiger partial charge in [0.2, 0.25) is 0 Å². The summed E-state index contributed by atoms with van der Waals surface area (Å²) in [6, 6.07) is 13.6. The lowest BCUT2D eigenvalue weighted by molar-refractivity contribution is -0.142. The van der Waals surface area contributed by atoms with Crippen LogP contribution < -0.4 is 4.74 Å². The average molecular weight is 497 g/mol. The van der Waals surface area contributed by atoms with Crippen molar-refractivity contribution in [3.05, 3.63) is 101 Å². The highest BCUT2D eigenvalue weighted by molar-refractivity contribution is 9.10. The van der Waals surface area contributed by atoms with Gasteiger partial charge < -0.3 is 18.6 Å². The molecule has 0 aliphatic rings. The highest BCUT2D eigenvalue weighted by Gasteiger charge is 2.15. The molecule has 1 heterocycles. The predicted octanol–water partition coefficient (Wildman–Crippen LogP) is 6.87. The van der Waals surface area contributed by atoms with Gasteiger partial charge in [-0.15, -0.1) is 0 Å². The number of carbonyl (C=O) groups is 1. The highest BCUT2D eigenvalue weighted by Crippen LogP contribution is 2.31. The van der Waals surface area contributed by atoms with E-state index < -0.39 is 0 Å². The second-order valence-corrected chi connectivity index (χ2v) is 7.79. The van der Waals surface area contributed by atoms with Gasteiger partial charge in [-0.2, -0.15) is 0 Å². The first-order valence-corrected chi connectivity index (χ1v) is 11.0. The second kappa shape index (κ2) is 11.4. The van der Waals surface area contributed by atoms with Gasteiger partial charge in [-0.05, 0) is 37.3 Å². The van der Waals surface area contributed by atoms with Crippen LogP contribution in [0.5, 0.6) is 5.75 Å². The van der Waals surface area contributed by atoms with E-state index in [1.165, 1.54) is 0 Å². The molecule has 5 nitrogen and oxygen atoms in total. The van der Waals surface area contributed by atoms with Crippen molar-refractivity contribution < 1.29 is 23.4 Å². The molecular weight excluding hydrogens is 472 g/mol. The number of para-hydroxylation sites is 1. The summed E-state index contributed by atoms with van der Waals surface area (Å²) in [6.45, 7) is 10.3. The van der Waals surface area contributed by atoms with E-state index in [2.05, 4.69) is 29.1 Å². The van der Waals surface area contributed by atoms with E-state index in [1.807, 2.05) is 42.5 Å². The van der Waals surface area contributed by atoms with Gasteiger partial charge in [0.15, 0.2) is 0 Å². The van der Waals surface area contributed by atoms with Crippen LogP contribution in [0.15, 0.2) is 94.3 Å². The van der Waals surface area contributed by atoms with E-state index in [4.69, 9.17) is 18.6 Å². The fourth-order valence-corrected chi connectivity index (χ4v) is 3.69. The van der Waals surface area contributed by atoms with Gasteiger partial charge in [-0.25, -0.2) is 0 Å². The Balaban J connectivity index is 1.79. The summed E-state index contributed by atoms with van der Waals surface area (Å²) >= 11 is 3.57. The minimum absolute atomic E-state index is 0.0668. The molecule has 1 aromatic heterocycles. The topological polar surface area (TPSA) is 57.9 Å². The van der Waals surface area contributed by atoms with Gasteiger partial charge in [0.1, 0.15) is 30.3 Å². The van der Waals surface area contributed by atoms with Crippen molar-refractivity contribution in [3.63, 3.8) is 0 Å². The molecule has 0 bridgehead atoms. The van der Waals surface area contributed by atoms with E-state index in [-0.39, 0.29) is 19.0 Å². The molecule has 0 saturated carbocycles. The van der Waals surface area contributed by atoms with Crippen LogP contribution in [0.2, 0.25) is 0 Å². The molecule has 0 spiro atoms.